The number of ether oxygens (including phenoxy) is 1. The normalized spacial score (nSPS) is 18.5. The van der Waals surface area contributed by atoms with Crippen molar-refractivity contribution >= 4 is 71.3 Å². The molecular formula is C31H19N3OS2. The first-order valence-corrected chi connectivity index (χ1v) is 13.9. The Morgan fingerprint density at radius 2 is 1.78 bits per heavy atom. The molecule has 0 spiro atoms. The predicted molar refractivity (Wildman–Crippen MR) is 151 cm³/mol. The number of nitrogens with zero attached hydrogens (tertiary/aromatic N) is 3. The van der Waals surface area contributed by atoms with Crippen LogP contribution in [0.2, 0.25) is 0 Å². The lowest BCUT2D eigenvalue weighted by Gasteiger charge is -2.26. The second kappa shape index (κ2) is 7.07. The molecule has 0 saturated heterocycles. The fourth-order valence-electron chi connectivity index (χ4n) is 6.29. The van der Waals surface area contributed by atoms with Gasteiger partial charge in [-0.05, 0) is 48.8 Å². The molecule has 6 heteroatoms. The third kappa shape index (κ3) is 2.62. The molecule has 0 aliphatic carbocycles. The predicted octanol–water partition coefficient (Wildman–Crippen LogP) is 8.10. The van der Waals surface area contributed by atoms with Crippen molar-refractivity contribution in [2.24, 2.45) is 0 Å². The van der Waals surface area contributed by atoms with Gasteiger partial charge in [0.05, 0.1) is 11.0 Å². The highest BCUT2D eigenvalue weighted by Crippen LogP contribution is 2.55. The van der Waals surface area contributed by atoms with Crippen LogP contribution in [0.4, 0.5) is 0 Å². The Morgan fingerprint density at radius 1 is 0.973 bits per heavy atom. The molecule has 3 aromatic carbocycles. The van der Waals surface area contributed by atoms with Crippen LogP contribution >= 0.6 is 23.1 Å². The highest BCUT2D eigenvalue weighted by atomic mass is 32.2. The Morgan fingerprint density at radius 3 is 2.62 bits per heavy atom. The number of thioether (sulfide) groups is 1. The van der Waals surface area contributed by atoms with Crippen LogP contribution in [0.3, 0.4) is 0 Å². The lowest BCUT2D eigenvalue weighted by atomic mass is 9.94. The summed E-state index contributed by atoms with van der Waals surface area (Å²) in [7, 11) is 0. The van der Waals surface area contributed by atoms with Gasteiger partial charge in [-0.2, -0.15) is 10.5 Å². The molecule has 4 nitrogen and oxygen atoms in total. The minimum absolute atomic E-state index is 0.0324. The first-order chi connectivity index (χ1) is 18.0. The zero-order chi connectivity index (χ0) is 25.1. The van der Waals surface area contributed by atoms with Crippen LogP contribution in [0.15, 0.2) is 82.5 Å². The highest BCUT2D eigenvalue weighted by molar-refractivity contribution is 8.00. The van der Waals surface area contributed by atoms with E-state index in [-0.39, 0.29) is 10.8 Å². The number of fused-ring (bicyclic) bond motifs is 8. The Balaban J connectivity index is 1.40. The number of hydrogen-bond acceptors (Lipinski definition) is 5. The van der Waals surface area contributed by atoms with Crippen molar-refractivity contribution in [3.63, 3.8) is 0 Å². The number of nitriles is 2. The Bertz CT molecular complexity index is 2110. The third-order valence-electron chi connectivity index (χ3n) is 7.86. The summed E-state index contributed by atoms with van der Waals surface area (Å²) in [5, 5.41) is 26.8. The van der Waals surface area contributed by atoms with Crippen LogP contribution in [-0.4, -0.2) is 15.3 Å². The molecule has 37 heavy (non-hydrogen) atoms. The summed E-state index contributed by atoms with van der Waals surface area (Å²) in [6, 6.07) is 23.9. The molecule has 0 fully saturated rings. The van der Waals surface area contributed by atoms with E-state index >= 15 is 0 Å². The first kappa shape index (κ1) is 21.1. The van der Waals surface area contributed by atoms with E-state index in [0.29, 0.717) is 5.76 Å². The first-order valence-electron chi connectivity index (χ1n) is 12.2. The van der Waals surface area contributed by atoms with Crippen molar-refractivity contribution in [3.8, 4) is 12.1 Å². The van der Waals surface area contributed by atoms with Crippen molar-refractivity contribution < 1.29 is 4.74 Å². The fraction of sp³-hybridized carbons (Fsp3) is 0.161. The highest BCUT2D eigenvalue weighted by Gasteiger charge is 2.42. The summed E-state index contributed by atoms with van der Waals surface area (Å²) in [5.41, 5.74) is 3.17. The molecule has 0 radical (unpaired) electrons. The van der Waals surface area contributed by atoms with E-state index in [1.54, 1.807) is 0 Å². The van der Waals surface area contributed by atoms with E-state index in [4.69, 9.17) is 4.74 Å². The summed E-state index contributed by atoms with van der Waals surface area (Å²) in [5.74, 6) is 0.391. The number of allylic oxidation sites excluding steroid dienone is 2. The van der Waals surface area contributed by atoms with Crippen LogP contribution in [0.1, 0.15) is 18.7 Å². The topological polar surface area (TPSA) is 61.2 Å². The van der Waals surface area contributed by atoms with Gasteiger partial charge in [-0.15, -0.1) is 23.1 Å². The van der Waals surface area contributed by atoms with Crippen molar-refractivity contribution in [3.05, 3.63) is 82.5 Å². The van der Waals surface area contributed by atoms with Gasteiger partial charge < -0.3 is 4.74 Å². The zero-order valence-electron chi connectivity index (χ0n) is 20.1. The minimum Gasteiger partial charge on any atom is -0.481 e. The molecule has 1 atom stereocenters. The molecule has 176 valence electrons. The number of pyridine rings is 1. The molecule has 8 rings (SSSR count). The lowest BCUT2D eigenvalue weighted by Crippen LogP contribution is -2.27. The van der Waals surface area contributed by atoms with E-state index < -0.39 is 5.60 Å². The summed E-state index contributed by atoms with van der Waals surface area (Å²) in [6.07, 6.45) is 2.84. The van der Waals surface area contributed by atoms with Gasteiger partial charge >= 0.3 is 0 Å². The van der Waals surface area contributed by atoms with E-state index in [0.717, 1.165) is 12.0 Å². The maximum absolute atomic E-state index is 9.38. The summed E-state index contributed by atoms with van der Waals surface area (Å²) in [4.78, 5) is 4.06. The molecule has 2 aliphatic heterocycles. The minimum atomic E-state index is -0.560. The van der Waals surface area contributed by atoms with E-state index in [2.05, 4.69) is 59.0 Å². The quantitative estimate of drug-likeness (QED) is 0.208. The fourth-order valence-corrected chi connectivity index (χ4v) is 9.56. The van der Waals surface area contributed by atoms with Gasteiger partial charge in [0.25, 0.3) is 0 Å². The third-order valence-corrected chi connectivity index (χ3v) is 10.6. The molecule has 0 amide bonds. The molecule has 3 aromatic heterocycles. The molecule has 2 aliphatic rings. The van der Waals surface area contributed by atoms with Crippen LogP contribution in [0.5, 0.6) is 0 Å². The smallest absolute Gasteiger partial charge is 0.171 e. The molecular weight excluding hydrogens is 494 g/mol. The van der Waals surface area contributed by atoms with Crippen LogP contribution in [0.25, 0.3) is 48.2 Å². The van der Waals surface area contributed by atoms with Crippen LogP contribution in [-0.2, 0) is 11.2 Å². The summed E-state index contributed by atoms with van der Waals surface area (Å²) in [6.45, 7) is 4.06. The van der Waals surface area contributed by atoms with Gasteiger partial charge in [0.1, 0.15) is 28.3 Å². The SMILES string of the molecule is CC1(C)OC(=C(C#N)C#N)C=C1C1Cc2sc3c(c2S1)c1cccc2ccc4c5ccccc5n3c4c21. The monoisotopic (exact) mass is 513 g/mol. The van der Waals surface area contributed by atoms with Gasteiger partial charge in [-0.1, -0.05) is 48.5 Å². The molecule has 0 bridgehead atoms. The molecule has 0 saturated carbocycles. The molecule has 6 aromatic rings. The average Bonchev–Trinajstić information content (AvgIpc) is 3.62. The van der Waals surface area contributed by atoms with Crippen LogP contribution < -0.4 is 0 Å². The van der Waals surface area contributed by atoms with E-state index in [1.165, 1.54) is 58.0 Å². The standard InChI is InChI=1S/C31H19N3OS2/c1-31(2)21(12-23(35-31)17(14-32)15-33)24-13-25-29(36-24)27-20-8-5-6-16-10-11-19-18-7-3-4-9-22(18)34(30(27)37-25)28(19)26(16)20/h3-12,24H,13H2,1-2H3. The Hall–Kier alpha value is -3.97. The molecule has 0 N–H and O–H groups in total. The van der Waals surface area contributed by atoms with Crippen LogP contribution in [0, 0.1) is 22.7 Å². The number of aromatic nitrogens is 1. The average molecular weight is 514 g/mol. The summed E-state index contributed by atoms with van der Waals surface area (Å²) < 4.78 is 8.59. The maximum atomic E-state index is 9.38. The van der Waals surface area contributed by atoms with Crippen molar-refractivity contribution in [1.29, 1.82) is 10.5 Å². The Kier molecular flexibility index (Phi) is 4.04. The number of rotatable bonds is 1. The number of thiophene rings is 1. The van der Waals surface area contributed by atoms with E-state index in [9.17, 15) is 10.5 Å². The molecule has 1 unspecified atom stereocenters. The van der Waals surface area contributed by atoms with Gasteiger partial charge in [0.2, 0.25) is 0 Å². The van der Waals surface area contributed by atoms with Crippen molar-refractivity contribution in [1.82, 2.24) is 4.40 Å². The maximum Gasteiger partial charge on any atom is 0.171 e. The lowest BCUT2D eigenvalue weighted by molar-refractivity contribution is 0.0913. The van der Waals surface area contributed by atoms with E-state index in [1.807, 2.05) is 55.2 Å². The second-order valence-corrected chi connectivity index (χ2v) is 12.5. The Labute approximate surface area is 221 Å². The zero-order valence-corrected chi connectivity index (χ0v) is 21.8. The largest absolute Gasteiger partial charge is 0.481 e. The van der Waals surface area contributed by atoms with Gasteiger partial charge in [0, 0.05) is 36.6 Å². The number of para-hydroxylation sites is 1. The number of hydrogen-bond donors (Lipinski definition) is 0. The molecule has 5 heterocycles. The number of benzene rings is 3. The van der Waals surface area contributed by atoms with Crippen molar-refractivity contribution in [2.75, 3.05) is 0 Å². The van der Waals surface area contributed by atoms with Gasteiger partial charge in [-0.3, -0.25) is 4.40 Å². The van der Waals surface area contributed by atoms with Gasteiger partial charge in [-0.25, -0.2) is 0 Å². The van der Waals surface area contributed by atoms with Crippen molar-refractivity contribution in [2.45, 2.75) is 36.0 Å². The van der Waals surface area contributed by atoms with Gasteiger partial charge in [0.15, 0.2) is 5.57 Å². The second-order valence-electron chi connectivity index (χ2n) is 10.2. The summed E-state index contributed by atoms with van der Waals surface area (Å²) >= 11 is 3.80.